The zero-order valence-electron chi connectivity index (χ0n) is 12.0. The van der Waals surface area contributed by atoms with E-state index in [0.717, 1.165) is 0 Å². The van der Waals surface area contributed by atoms with E-state index in [-0.39, 0.29) is 28.3 Å². The first-order valence-corrected chi connectivity index (χ1v) is 8.54. The summed E-state index contributed by atoms with van der Waals surface area (Å²) >= 11 is 4.83. The van der Waals surface area contributed by atoms with Crippen LogP contribution in [0.4, 0.5) is 0 Å². The zero-order valence-corrected chi connectivity index (χ0v) is 13.6. The lowest BCUT2D eigenvalue weighted by molar-refractivity contribution is 0.0455. The molecular weight excluding hydrogens is 294 g/mol. The van der Waals surface area contributed by atoms with E-state index in [2.05, 4.69) is 0 Å². The molecule has 4 nitrogen and oxygen atoms in total. The first-order chi connectivity index (χ1) is 9.24. The Morgan fingerprint density at radius 1 is 1.25 bits per heavy atom. The van der Waals surface area contributed by atoms with E-state index in [4.69, 9.17) is 22.7 Å². The molecule has 0 amide bonds. The van der Waals surface area contributed by atoms with Gasteiger partial charge in [-0.2, -0.15) is 0 Å². The molecule has 0 saturated heterocycles. The lowest BCUT2D eigenvalue weighted by Gasteiger charge is -2.16. The molecule has 1 unspecified atom stereocenters. The first kappa shape index (κ1) is 17.1. The molecule has 0 spiro atoms. The minimum Gasteiger partial charge on any atom is -0.389 e. The molecule has 0 aromatic heterocycles. The largest absolute Gasteiger partial charge is 0.389 e. The smallest absolute Gasteiger partial charge is 0.180 e. The van der Waals surface area contributed by atoms with Crippen LogP contribution in [0.3, 0.4) is 0 Å². The first-order valence-electron chi connectivity index (χ1n) is 6.48. The van der Waals surface area contributed by atoms with E-state index >= 15 is 0 Å². The quantitative estimate of drug-likeness (QED) is 0.781. The molecule has 20 heavy (non-hydrogen) atoms. The average molecular weight is 315 g/mol. The van der Waals surface area contributed by atoms with Crippen molar-refractivity contribution in [1.29, 1.82) is 0 Å². The van der Waals surface area contributed by atoms with E-state index in [1.807, 2.05) is 20.8 Å². The van der Waals surface area contributed by atoms with Gasteiger partial charge < -0.3 is 10.5 Å². The van der Waals surface area contributed by atoms with Crippen LogP contribution in [0.5, 0.6) is 0 Å². The second kappa shape index (κ2) is 7.15. The number of ether oxygens (including phenoxy) is 1. The van der Waals surface area contributed by atoms with Crippen LogP contribution < -0.4 is 5.73 Å². The van der Waals surface area contributed by atoms with E-state index in [9.17, 15) is 8.42 Å². The molecular formula is C14H21NO3S2. The van der Waals surface area contributed by atoms with Gasteiger partial charge in [0.2, 0.25) is 0 Å². The Kier molecular flexibility index (Phi) is 6.10. The summed E-state index contributed by atoms with van der Waals surface area (Å²) < 4.78 is 29.7. The van der Waals surface area contributed by atoms with Gasteiger partial charge in [-0.3, -0.25) is 0 Å². The van der Waals surface area contributed by atoms with Gasteiger partial charge in [0.25, 0.3) is 0 Å². The molecule has 1 rings (SSSR count). The summed E-state index contributed by atoms with van der Waals surface area (Å²) in [6.07, 6.45) is 0.0437. The molecule has 112 valence electrons. The Bertz CT molecular complexity index is 550. The molecule has 0 saturated carbocycles. The molecule has 1 aromatic carbocycles. The molecule has 0 bridgehead atoms. The number of nitrogens with two attached hydrogens (primary N) is 1. The van der Waals surface area contributed by atoms with Gasteiger partial charge in [-0.25, -0.2) is 8.42 Å². The number of hydrogen-bond acceptors (Lipinski definition) is 4. The summed E-state index contributed by atoms with van der Waals surface area (Å²) in [6.45, 7) is 6.20. The highest BCUT2D eigenvalue weighted by Crippen LogP contribution is 2.13. The molecule has 0 radical (unpaired) electrons. The van der Waals surface area contributed by atoms with Crippen molar-refractivity contribution in [1.82, 2.24) is 0 Å². The summed E-state index contributed by atoms with van der Waals surface area (Å²) in [5.74, 6) is 0.332. The maximum atomic E-state index is 12.1. The van der Waals surface area contributed by atoms with Crippen molar-refractivity contribution in [2.45, 2.75) is 31.8 Å². The van der Waals surface area contributed by atoms with E-state index < -0.39 is 9.84 Å². The van der Waals surface area contributed by atoms with Crippen molar-refractivity contribution in [2.24, 2.45) is 11.7 Å². The number of sulfone groups is 1. The topological polar surface area (TPSA) is 69.4 Å². The number of hydrogen-bond donors (Lipinski definition) is 1. The SMILES string of the molecule is CC(C)C(C)OCCS(=O)(=O)c1ccc(C(N)=S)cc1. The molecule has 0 aliphatic rings. The van der Waals surface area contributed by atoms with Crippen molar-refractivity contribution in [2.75, 3.05) is 12.4 Å². The fourth-order valence-corrected chi connectivity index (χ4v) is 2.72. The fraction of sp³-hybridized carbons (Fsp3) is 0.500. The lowest BCUT2D eigenvalue weighted by atomic mass is 10.1. The Morgan fingerprint density at radius 2 is 1.80 bits per heavy atom. The third kappa shape index (κ3) is 4.85. The molecule has 1 atom stereocenters. The minimum atomic E-state index is -3.33. The standard InChI is InChI=1S/C14H21NO3S2/c1-10(2)11(3)18-8-9-20(16,17)13-6-4-12(5-7-13)14(15)19/h4-7,10-11H,8-9H2,1-3H3,(H2,15,19). The predicted molar refractivity (Wildman–Crippen MR) is 84.6 cm³/mol. The third-order valence-corrected chi connectivity index (χ3v) is 5.10. The summed E-state index contributed by atoms with van der Waals surface area (Å²) in [6, 6.07) is 6.28. The molecule has 0 fully saturated rings. The Labute approximate surface area is 126 Å². The summed E-state index contributed by atoms with van der Waals surface area (Å²) in [7, 11) is -3.33. The number of rotatable bonds is 7. The van der Waals surface area contributed by atoms with E-state index in [1.54, 1.807) is 12.1 Å². The van der Waals surface area contributed by atoms with Gasteiger partial charge >= 0.3 is 0 Å². The highest BCUT2D eigenvalue weighted by Gasteiger charge is 2.16. The van der Waals surface area contributed by atoms with Crippen molar-refractivity contribution >= 4 is 27.0 Å². The lowest BCUT2D eigenvalue weighted by Crippen LogP contribution is -2.20. The van der Waals surface area contributed by atoms with Crippen molar-refractivity contribution < 1.29 is 13.2 Å². The maximum Gasteiger partial charge on any atom is 0.180 e. The Balaban J connectivity index is 2.67. The van der Waals surface area contributed by atoms with Gasteiger partial charge in [0.05, 0.1) is 23.4 Å². The maximum absolute atomic E-state index is 12.1. The molecule has 6 heteroatoms. The van der Waals surface area contributed by atoms with Crippen LogP contribution in [0.25, 0.3) is 0 Å². The summed E-state index contributed by atoms with van der Waals surface area (Å²) in [5, 5.41) is 0. The van der Waals surface area contributed by atoms with Crippen LogP contribution in [0.2, 0.25) is 0 Å². The molecule has 0 aliphatic heterocycles. The second-order valence-electron chi connectivity index (χ2n) is 5.03. The molecule has 0 aliphatic carbocycles. The van der Waals surface area contributed by atoms with Crippen LogP contribution >= 0.6 is 12.2 Å². The summed E-state index contributed by atoms with van der Waals surface area (Å²) in [5.41, 5.74) is 6.13. The second-order valence-corrected chi connectivity index (χ2v) is 7.58. The summed E-state index contributed by atoms with van der Waals surface area (Å²) in [4.78, 5) is 0.515. The van der Waals surface area contributed by atoms with Gasteiger partial charge in [0.1, 0.15) is 4.99 Å². The number of benzene rings is 1. The van der Waals surface area contributed by atoms with Crippen LogP contribution in [-0.2, 0) is 14.6 Å². The Morgan fingerprint density at radius 3 is 2.25 bits per heavy atom. The fourth-order valence-electron chi connectivity index (χ4n) is 1.48. The third-order valence-electron chi connectivity index (χ3n) is 3.17. The normalized spacial score (nSPS) is 13.4. The minimum absolute atomic E-state index is 0.0313. The van der Waals surface area contributed by atoms with Crippen LogP contribution in [0, 0.1) is 5.92 Å². The van der Waals surface area contributed by atoms with Gasteiger partial charge in [-0.1, -0.05) is 38.2 Å². The highest BCUT2D eigenvalue weighted by molar-refractivity contribution is 7.91. The van der Waals surface area contributed by atoms with Gasteiger partial charge in [0, 0.05) is 5.56 Å². The molecule has 0 heterocycles. The average Bonchev–Trinajstić information content (AvgIpc) is 2.38. The van der Waals surface area contributed by atoms with Gasteiger partial charge in [0.15, 0.2) is 9.84 Å². The Hall–Kier alpha value is -0.980. The van der Waals surface area contributed by atoms with Gasteiger partial charge in [-0.15, -0.1) is 0 Å². The van der Waals surface area contributed by atoms with Crippen LogP contribution in [0.1, 0.15) is 26.3 Å². The molecule has 1 aromatic rings. The van der Waals surface area contributed by atoms with Crippen LogP contribution in [-0.4, -0.2) is 31.9 Å². The van der Waals surface area contributed by atoms with Crippen molar-refractivity contribution in [3.63, 3.8) is 0 Å². The predicted octanol–water partition coefficient (Wildman–Crippen LogP) is 2.16. The monoisotopic (exact) mass is 315 g/mol. The molecule has 2 N–H and O–H groups in total. The highest BCUT2D eigenvalue weighted by atomic mass is 32.2. The zero-order chi connectivity index (χ0) is 15.3. The van der Waals surface area contributed by atoms with E-state index in [0.29, 0.717) is 11.5 Å². The number of thiocarbonyl (C=S) groups is 1. The van der Waals surface area contributed by atoms with E-state index in [1.165, 1.54) is 12.1 Å². The van der Waals surface area contributed by atoms with Crippen LogP contribution in [0.15, 0.2) is 29.2 Å². The van der Waals surface area contributed by atoms with Gasteiger partial charge in [-0.05, 0) is 25.0 Å². The van der Waals surface area contributed by atoms with Crippen molar-refractivity contribution in [3.05, 3.63) is 29.8 Å². The van der Waals surface area contributed by atoms with Crippen molar-refractivity contribution in [3.8, 4) is 0 Å².